The van der Waals surface area contributed by atoms with E-state index in [1.54, 1.807) is 0 Å². The van der Waals surface area contributed by atoms with Crippen molar-refractivity contribution >= 4 is 13.9 Å². The summed E-state index contributed by atoms with van der Waals surface area (Å²) < 4.78 is 0. The van der Waals surface area contributed by atoms with Gasteiger partial charge in [-0.15, -0.1) is 6.58 Å². The molecule has 1 aromatic rings. The second kappa shape index (κ2) is 7.24. The minimum absolute atomic E-state index is 0.242. The minimum atomic E-state index is -1.46. The van der Waals surface area contributed by atoms with Gasteiger partial charge in [0.1, 0.15) is 0 Å². The van der Waals surface area contributed by atoms with Crippen molar-refractivity contribution in [3.8, 4) is 0 Å². The van der Waals surface area contributed by atoms with E-state index in [1.807, 2.05) is 30.4 Å². The van der Waals surface area contributed by atoms with Crippen LogP contribution in [0, 0.1) is 0 Å². The highest BCUT2D eigenvalue weighted by Gasteiger charge is 2.21. The van der Waals surface area contributed by atoms with Gasteiger partial charge < -0.3 is 0 Å². The third-order valence-electron chi connectivity index (χ3n) is 3.60. The van der Waals surface area contributed by atoms with Gasteiger partial charge in [-0.3, -0.25) is 4.79 Å². The highest BCUT2D eigenvalue weighted by atomic mass is 28.3. The largest absolute Gasteiger partial charge is 0.295 e. The highest BCUT2D eigenvalue weighted by Crippen LogP contribution is 2.20. The van der Waals surface area contributed by atoms with E-state index in [0.29, 0.717) is 6.42 Å². The van der Waals surface area contributed by atoms with Gasteiger partial charge in [0.05, 0.1) is 8.07 Å². The molecule has 0 saturated carbocycles. The number of carbonyl (C=O) groups excluding carboxylic acids is 1. The van der Waals surface area contributed by atoms with Crippen LogP contribution in [-0.4, -0.2) is 13.9 Å². The number of benzene rings is 1. The van der Waals surface area contributed by atoms with E-state index in [2.05, 4.69) is 38.7 Å². The maximum absolute atomic E-state index is 12.0. The van der Waals surface area contributed by atoms with Gasteiger partial charge in [-0.05, 0) is 31.0 Å². The average molecular weight is 272 g/mol. The first-order chi connectivity index (χ1) is 8.95. The molecule has 0 aliphatic heterocycles. The summed E-state index contributed by atoms with van der Waals surface area (Å²) in [5.74, 6) is 0.242. The third-order valence-corrected chi connectivity index (χ3v) is 7.19. The number of aryl methyl sites for hydroxylation is 1. The molecule has 19 heavy (non-hydrogen) atoms. The lowest BCUT2D eigenvalue weighted by Gasteiger charge is -2.21. The van der Waals surface area contributed by atoms with Crippen LogP contribution in [0.25, 0.3) is 0 Å². The summed E-state index contributed by atoms with van der Waals surface area (Å²) in [6.07, 6.45) is 5.25. The third kappa shape index (κ3) is 5.39. The maximum atomic E-state index is 12.0. The second-order valence-electron chi connectivity index (χ2n) is 5.66. The van der Waals surface area contributed by atoms with E-state index in [-0.39, 0.29) is 5.78 Å². The lowest BCUT2D eigenvalue weighted by molar-refractivity contribution is -0.114. The van der Waals surface area contributed by atoms with Gasteiger partial charge >= 0.3 is 0 Å². The fourth-order valence-electron chi connectivity index (χ4n) is 1.94. The molecule has 0 N–H and O–H groups in total. The van der Waals surface area contributed by atoms with E-state index in [1.165, 1.54) is 10.8 Å². The Morgan fingerprint density at radius 2 is 1.89 bits per heavy atom. The van der Waals surface area contributed by atoms with Gasteiger partial charge in [-0.2, -0.15) is 0 Å². The molecule has 0 bridgehead atoms. The SMILES string of the molecule is C=CC[Si](C)(C)/C(C)=C\C(=O)CCc1ccccc1. The number of hydrogen-bond donors (Lipinski definition) is 0. The molecule has 1 nitrogen and oxygen atoms in total. The molecule has 1 rings (SSSR count). The van der Waals surface area contributed by atoms with Crippen molar-refractivity contribution in [3.63, 3.8) is 0 Å². The molecule has 0 amide bonds. The number of carbonyl (C=O) groups is 1. The molecule has 0 unspecified atom stereocenters. The van der Waals surface area contributed by atoms with Gasteiger partial charge in [0.15, 0.2) is 5.78 Å². The zero-order valence-electron chi connectivity index (χ0n) is 12.3. The molecule has 0 aliphatic carbocycles. The Hall–Kier alpha value is -1.41. The smallest absolute Gasteiger partial charge is 0.155 e. The van der Waals surface area contributed by atoms with E-state index in [9.17, 15) is 4.79 Å². The van der Waals surface area contributed by atoms with Crippen LogP contribution in [0.4, 0.5) is 0 Å². The molecule has 0 atom stereocenters. The Kier molecular flexibility index (Phi) is 5.96. The Bertz CT molecular complexity index is 457. The zero-order chi connectivity index (χ0) is 14.3. The molecule has 0 heterocycles. The van der Waals surface area contributed by atoms with Crippen LogP contribution in [-0.2, 0) is 11.2 Å². The molecule has 0 aliphatic rings. The molecule has 2 heteroatoms. The van der Waals surface area contributed by atoms with Crippen molar-refractivity contribution in [2.24, 2.45) is 0 Å². The standard InChI is InChI=1S/C17H24OSi/c1-5-13-19(3,4)15(2)14-17(18)12-11-16-9-7-6-8-10-16/h5-10,14H,1,11-13H2,2-4H3/b15-14-. The molecular formula is C17H24OSi. The summed E-state index contributed by atoms with van der Waals surface area (Å²) in [6, 6.07) is 11.2. The summed E-state index contributed by atoms with van der Waals surface area (Å²) >= 11 is 0. The van der Waals surface area contributed by atoms with E-state index < -0.39 is 8.07 Å². The molecule has 0 aromatic heterocycles. The molecule has 0 saturated heterocycles. The topological polar surface area (TPSA) is 17.1 Å². The van der Waals surface area contributed by atoms with E-state index in [0.717, 1.165) is 12.5 Å². The van der Waals surface area contributed by atoms with Crippen molar-refractivity contribution < 1.29 is 4.79 Å². The van der Waals surface area contributed by atoms with Gasteiger partial charge in [0.25, 0.3) is 0 Å². The van der Waals surface area contributed by atoms with Crippen LogP contribution >= 0.6 is 0 Å². The summed E-state index contributed by atoms with van der Waals surface area (Å²) in [7, 11) is -1.46. The predicted molar refractivity (Wildman–Crippen MR) is 86.0 cm³/mol. The Morgan fingerprint density at radius 3 is 2.47 bits per heavy atom. The molecule has 0 spiro atoms. The van der Waals surface area contributed by atoms with Gasteiger partial charge in [-0.1, -0.05) is 54.7 Å². The van der Waals surface area contributed by atoms with Crippen molar-refractivity contribution in [2.75, 3.05) is 0 Å². The summed E-state index contributed by atoms with van der Waals surface area (Å²) in [6.45, 7) is 10.5. The summed E-state index contributed by atoms with van der Waals surface area (Å²) in [4.78, 5) is 12.0. The fraction of sp³-hybridized carbons (Fsp3) is 0.353. The minimum Gasteiger partial charge on any atom is -0.295 e. The second-order valence-corrected chi connectivity index (χ2v) is 10.6. The Labute approximate surface area is 118 Å². The number of rotatable bonds is 7. The van der Waals surface area contributed by atoms with E-state index in [4.69, 9.17) is 0 Å². The first-order valence-electron chi connectivity index (χ1n) is 6.82. The number of ketones is 1. The fourth-order valence-corrected chi connectivity index (χ4v) is 3.54. The van der Waals surface area contributed by atoms with E-state index >= 15 is 0 Å². The number of allylic oxidation sites excluding steroid dienone is 3. The lowest BCUT2D eigenvalue weighted by atomic mass is 10.1. The average Bonchev–Trinajstić information content (AvgIpc) is 2.37. The molecule has 1 aromatic carbocycles. The molecular weight excluding hydrogens is 248 g/mol. The quantitative estimate of drug-likeness (QED) is 0.404. The van der Waals surface area contributed by atoms with Crippen molar-refractivity contribution in [3.05, 3.63) is 59.8 Å². The van der Waals surface area contributed by atoms with Crippen LogP contribution in [0.15, 0.2) is 54.3 Å². The van der Waals surface area contributed by atoms with Crippen LogP contribution < -0.4 is 0 Å². The van der Waals surface area contributed by atoms with Gasteiger partial charge in [-0.25, -0.2) is 0 Å². The van der Waals surface area contributed by atoms with Crippen LogP contribution in [0.2, 0.25) is 19.1 Å². The van der Waals surface area contributed by atoms with Crippen LogP contribution in [0.1, 0.15) is 18.9 Å². The highest BCUT2D eigenvalue weighted by molar-refractivity contribution is 6.84. The molecule has 0 radical (unpaired) electrons. The van der Waals surface area contributed by atoms with Gasteiger partial charge in [0.2, 0.25) is 0 Å². The van der Waals surface area contributed by atoms with Crippen molar-refractivity contribution in [1.29, 1.82) is 0 Å². The molecule has 0 fully saturated rings. The van der Waals surface area contributed by atoms with Crippen LogP contribution in [0.5, 0.6) is 0 Å². The summed E-state index contributed by atoms with van der Waals surface area (Å²) in [5, 5.41) is 1.27. The molecule has 102 valence electrons. The van der Waals surface area contributed by atoms with Crippen molar-refractivity contribution in [2.45, 2.75) is 38.9 Å². The normalized spacial score (nSPS) is 12.3. The monoisotopic (exact) mass is 272 g/mol. The van der Waals surface area contributed by atoms with Crippen LogP contribution in [0.3, 0.4) is 0 Å². The van der Waals surface area contributed by atoms with Crippen molar-refractivity contribution in [1.82, 2.24) is 0 Å². The Morgan fingerprint density at radius 1 is 1.26 bits per heavy atom. The predicted octanol–water partition coefficient (Wildman–Crippen LogP) is 4.57. The first-order valence-corrected chi connectivity index (χ1v) is 10.0. The van der Waals surface area contributed by atoms with Gasteiger partial charge in [0, 0.05) is 6.42 Å². The maximum Gasteiger partial charge on any atom is 0.155 e. The summed E-state index contributed by atoms with van der Waals surface area (Å²) in [5.41, 5.74) is 1.23. The zero-order valence-corrected chi connectivity index (χ0v) is 13.3. The number of hydrogen-bond acceptors (Lipinski definition) is 1. The Balaban J connectivity index is 2.57. The lowest BCUT2D eigenvalue weighted by Crippen LogP contribution is -2.27. The first kappa shape index (κ1) is 15.6.